The van der Waals surface area contributed by atoms with Crippen LogP contribution in [0.15, 0.2) is 0 Å². The van der Waals surface area contributed by atoms with Crippen LogP contribution in [0.4, 0.5) is 0 Å². The fraction of sp³-hybridized carbons (Fsp3) is 0.974. The molecule has 0 atom stereocenters. The molecule has 0 aliphatic heterocycles. The molecule has 0 saturated heterocycles. The molecule has 0 aromatic heterocycles. The van der Waals surface area contributed by atoms with E-state index in [0.29, 0.717) is 0 Å². The lowest BCUT2D eigenvalue weighted by Gasteiger charge is -2.27. The molecular formula is C39H92N6O6S. The smallest absolute Gasteiger partial charge is 0.0794 e. The summed E-state index contributed by atoms with van der Waals surface area (Å²) in [6.45, 7) is 20.9. The molecule has 0 bridgehead atoms. The van der Waals surface area contributed by atoms with E-state index in [1.807, 2.05) is 0 Å². The highest BCUT2D eigenvalue weighted by atomic mass is 32.3. The van der Waals surface area contributed by atoms with Crippen LogP contribution < -0.4 is 22.3 Å². The quantitative estimate of drug-likeness (QED) is 0.0454. The largest absolute Gasteiger partial charge is 0.759 e. The summed E-state index contributed by atoms with van der Waals surface area (Å²) < 4.78 is 37.4. The average Bonchev–Trinajstić information content (AvgIpc) is 3.05. The van der Waals surface area contributed by atoms with Gasteiger partial charge in [-0.1, -0.05) is 90.9 Å². The van der Waals surface area contributed by atoms with Crippen molar-refractivity contribution in [1.29, 1.82) is 0 Å². The topological polar surface area (TPSA) is 198 Å². The van der Waals surface area contributed by atoms with Crippen molar-refractivity contribution in [3.8, 4) is 0 Å². The number of carboxylic acid groups (broad SMARTS) is 1. The second-order valence-electron chi connectivity index (χ2n) is 16.3. The van der Waals surface area contributed by atoms with Gasteiger partial charge in [-0.2, -0.15) is 0 Å². The molecule has 52 heavy (non-hydrogen) atoms. The minimum Gasteiger partial charge on any atom is -0.759 e. The Hall–Kier alpha value is -0.900. The van der Waals surface area contributed by atoms with Gasteiger partial charge in [0, 0.05) is 35.6 Å². The third-order valence-electron chi connectivity index (χ3n) is 9.38. The van der Waals surface area contributed by atoms with E-state index in [-0.39, 0.29) is 6.42 Å². The fourth-order valence-electron chi connectivity index (χ4n) is 4.62. The molecule has 320 valence electrons. The summed E-state index contributed by atoms with van der Waals surface area (Å²) in [6.07, 6.45) is 20.4. The zero-order chi connectivity index (χ0) is 41.5. The van der Waals surface area contributed by atoms with Crippen molar-refractivity contribution < 1.29 is 40.9 Å². The van der Waals surface area contributed by atoms with Crippen LogP contribution in [0.2, 0.25) is 0 Å². The molecule has 0 aliphatic rings. The van der Waals surface area contributed by atoms with Gasteiger partial charge in [-0.25, -0.2) is 0 Å². The van der Waals surface area contributed by atoms with Crippen LogP contribution in [0.25, 0.3) is 0 Å². The maximum Gasteiger partial charge on any atom is 0.0794 e. The number of quaternary nitrogens is 3. The van der Waals surface area contributed by atoms with E-state index < -0.39 is 16.4 Å². The molecule has 13 heteroatoms. The summed E-state index contributed by atoms with van der Waals surface area (Å²) in [5, 5.41) is 10.2. The maximum atomic E-state index is 10.2. The molecule has 0 spiro atoms. The molecule has 6 N–H and O–H groups in total. The number of hydrogen-bond acceptors (Lipinski definition) is 9. The summed E-state index contributed by atoms with van der Waals surface area (Å²) in [5.41, 5.74) is 16.1. The Morgan fingerprint density at radius 1 is 0.519 bits per heavy atom. The molecule has 0 aromatic carbocycles. The minimum absolute atomic E-state index is 0.233. The standard InChI is InChI=1S/C18H36O2.3C7H19N2.H2O4S/c1-17(2)15-13-11-9-7-5-3-4-6-8-10-12-14-16-18(19)20;3*1-4-9(2,3)7-5-6-8;1-5(2,3)4/h17H,3-16H2,1-2H3,(H,19,20);3*4-8H2,1-3H3;(H2,1,2,3,4)/q;3*+1;/p-3. The molecule has 0 radical (unpaired) electrons. The average molecular weight is 773 g/mol. The van der Waals surface area contributed by atoms with Gasteiger partial charge in [0.05, 0.1) is 81.6 Å². The van der Waals surface area contributed by atoms with Gasteiger partial charge in [-0.05, 0) is 59.2 Å². The van der Waals surface area contributed by atoms with Crippen LogP contribution in [-0.2, 0) is 15.2 Å². The van der Waals surface area contributed by atoms with Crippen molar-refractivity contribution in [1.82, 2.24) is 0 Å². The van der Waals surface area contributed by atoms with Gasteiger partial charge in [-0.15, -0.1) is 0 Å². The monoisotopic (exact) mass is 773 g/mol. The summed E-state index contributed by atoms with van der Waals surface area (Å²) in [6, 6.07) is 0. The number of nitrogens with zero attached hydrogens (tertiary/aromatic N) is 3. The van der Waals surface area contributed by atoms with Crippen LogP contribution in [0.5, 0.6) is 0 Å². The van der Waals surface area contributed by atoms with E-state index in [1.165, 1.54) is 110 Å². The summed E-state index contributed by atoms with van der Waals surface area (Å²) in [5.74, 6) is -0.0415. The zero-order valence-corrected chi connectivity index (χ0v) is 37.2. The minimum atomic E-state index is -5.17. The van der Waals surface area contributed by atoms with Gasteiger partial charge in [0.2, 0.25) is 0 Å². The molecule has 0 aromatic rings. The van der Waals surface area contributed by atoms with Crippen molar-refractivity contribution in [3.63, 3.8) is 0 Å². The molecule has 0 rings (SSSR count). The molecular weight excluding hydrogens is 681 g/mol. The van der Waals surface area contributed by atoms with Crippen molar-refractivity contribution in [2.75, 3.05) is 101 Å². The van der Waals surface area contributed by atoms with Crippen LogP contribution >= 0.6 is 0 Å². The first-order chi connectivity index (χ1) is 24.0. The predicted molar refractivity (Wildman–Crippen MR) is 219 cm³/mol. The molecule has 0 amide bonds. The van der Waals surface area contributed by atoms with Gasteiger partial charge in [0.25, 0.3) is 0 Å². The van der Waals surface area contributed by atoms with Crippen LogP contribution in [-0.4, -0.2) is 138 Å². The van der Waals surface area contributed by atoms with Crippen molar-refractivity contribution in [2.24, 2.45) is 23.1 Å². The van der Waals surface area contributed by atoms with Gasteiger partial charge in [-0.3, -0.25) is 8.42 Å². The Bertz CT molecular complexity index is 788. The molecule has 0 unspecified atom stereocenters. The molecule has 0 fully saturated rings. The van der Waals surface area contributed by atoms with E-state index in [1.54, 1.807) is 0 Å². The number of carbonyl (C=O) groups is 1. The highest BCUT2D eigenvalue weighted by Gasteiger charge is 2.10. The second-order valence-corrected chi connectivity index (χ2v) is 17.1. The lowest BCUT2D eigenvalue weighted by atomic mass is 10.0. The Morgan fingerprint density at radius 2 is 0.750 bits per heavy atom. The first-order valence-corrected chi connectivity index (χ1v) is 21.8. The number of rotatable bonds is 27. The van der Waals surface area contributed by atoms with Crippen molar-refractivity contribution >= 4 is 16.4 Å². The van der Waals surface area contributed by atoms with E-state index in [9.17, 15) is 9.90 Å². The summed E-state index contributed by atoms with van der Waals surface area (Å²) in [4.78, 5) is 10.2. The van der Waals surface area contributed by atoms with Crippen molar-refractivity contribution in [3.05, 3.63) is 0 Å². The second kappa shape index (κ2) is 39.8. The lowest BCUT2D eigenvalue weighted by molar-refractivity contribution is -0.888. The molecule has 0 aliphatic carbocycles. The molecule has 12 nitrogen and oxygen atoms in total. The third-order valence-corrected chi connectivity index (χ3v) is 9.38. The predicted octanol–water partition coefficient (Wildman–Crippen LogP) is 4.81. The summed E-state index contributed by atoms with van der Waals surface area (Å²) >= 11 is 0. The number of carbonyl (C=O) groups excluding carboxylic acids is 1. The Labute approximate surface area is 324 Å². The number of nitrogens with two attached hydrogens (primary N) is 3. The Kier molecular flexibility index (Phi) is 46.2. The zero-order valence-electron chi connectivity index (χ0n) is 36.4. The van der Waals surface area contributed by atoms with Crippen LogP contribution in [0.1, 0.15) is 144 Å². The number of hydrogen-bond donors (Lipinski definition) is 3. The number of unbranched alkanes of at least 4 members (excludes halogenated alkanes) is 11. The highest BCUT2D eigenvalue weighted by Crippen LogP contribution is 2.14. The number of aliphatic carboxylic acids is 1. The normalized spacial score (nSPS) is 11.6. The van der Waals surface area contributed by atoms with Crippen LogP contribution in [0, 0.1) is 5.92 Å². The first-order valence-electron chi connectivity index (χ1n) is 20.4. The van der Waals surface area contributed by atoms with Gasteiger partial charge in [0.1, 0.15) is 0 Å². The lowest BCUT2D eigenvalue weighted by Crippen LogP contribution is -2.40. The maximum absolute atomic E-state index is 10.2. The molecule has 0 saturated carbocycles. The van der Waals surface area contributed by atoms with E-state index in [2.05, 4.69) is 76.9 Å². The Morgan fingerprint density at radius 3 is 0.942 bits per heavy atom. The fourth-order valence-corrected chi connectivity index (χ4v) is 4.62. The first kappa shape index (κ1) is 60.4. The number of carboxylic acids is 1. The van der Waals surface area contributed by atoms with Gasteiger partial charge < -0.3 is 49.7 Å². The van der Waals surface area contributed by atoms with E-state index >= 15 is 0 Å². The third kappa shape index (κ3) is 70.6. The van der Waals surface area contributed by atoms with E-state index in [0.717, 1.165) is 71.1 Å². The van der Waals surface area contributed by atoms with Crippen LogP contribution in [0.3, 0.4) is 0 Å². The highest BCUT2D eigenvalue weighted by molar-refractivity contribution is 7.79. The van der Waals surface area contributed by atoms with Gasteiger partial charge >= 0.3 is 0 Å². The van der Waals surface area contributed by atoms with E-state index in [4.69, 9.17) is 34.7 Å². The SMILES string of the molecule is CC(C)CCCCCCCCCCCCCCC(=O)[O-].CC[N+](C)(C)CCCN.CC[N+](C)(C)CCCN.CC[N+](C)(C)CCCN.O=S(=O)([O-])[O-]. The van der Waals surface area contributed by atoms with Gasteiger partial charge in [0.15, 0.2) is 0 Å². The molecule has 0 heterocycles. The summed E-state index contributed by atoms with van der Waals surface area (Å²) in [7, 11) is 8.22. The van der Waals surface area contributed by atoms with Crippen molar-refractivity contribution in [2.45, 2.75) is 144 Å². The Balaban J connectivity index is -0.000000194.